The van der Waals surface area contributed by atoms with Gasteiger partial charge in [0.15, 0.2) is 5.76 Å². The van der Waals surface area contributed by atoms with Gasteiger partial charge in [-0.25, -0.2) is 0 Å². The number of carbonyl (C=O) groups excluding carboxylic acids is 3. The first-order valence-corrected chi connectivity index (χ1v) is 7.03. The van der Waals surface area contributed by atoms with Crippen molar-refractivity contribution in [2.45, 2.75) is 26.7 Å². The highest BCUT2D eigenvalue weighted by molar-refractivity contribution is 6.06. The van der Waals surface area contributed by atoms with Crippen LogP contribution in [-0.4, -0.2) is 29.2 Å². The minimum Gasteiger partial charge on any atom is -0.451 e. The fraction of sp³-hybridized carbons (Fsp3) is 0.312. The molecule has 0 fully saturated rings. The van der Waals surface area contributed by atoms with Gasteiger partial charge in [0.2, 0.25) is 5.91 Å². The second-order valence-corrected chi connectivity index (χ2v) is 5.24. The van der Waals surface area contributed by atoms with Crippen LogP contribution in [0.3, 0.4) is 0 Å². The molecule has 0 aliphatic carbocycles. The van der Waals surface area contributed by atoms with Crippen molar-refractivity contribution < 1.29 is 23.5 Å². The Morgan fingerprint density at radius 1 is 1.27 bits per heavy atom. The van der Waals surface area contributed by atoms with E-state index >= 15 is 0 Å². The first kappa shape index (κ1) is 14.3. The van der Waals surface area contributed by atoms with Crippen LogP contribution in [0.4, 0.5) is 0 Å². The molecule has 0 N–H and O–H groups in total. The molecule has 3 rings (SSSR count). The van der Waals surface area contributed by atoms with E-state index in [1.165, 1.54) is 18.7 Å². The van der Waals surface area contributed by atoms with Gasteiger partial charge < -0.3 is 9.15 Å². The number of imide groups is 1. The molecule has 0 spiro atoms. The molecule has 0 radical (unpaired) electrons. The zero-order chi connectivity index (χ0) is 15.9. The highest BCUT2D eigenvalue weighted by atomic mass is 16.5. The number of esters is 1. The smallest absolute Gasteiger partial charge is 0.308 e. The van der Waals surface area contributed by atoms with Crippen molar-refractivity contribution in [2.24, 2.45) is 0 Å². The van der Waals surface area contributed by atoms with E-state index < -0.39 is 11.9 Å². The van der Waals surface area contributed by atoms with Gasteiger partial charge in [0.05, 0.1) is 0 Å². The minimum absolute atomic E-state index is 0.197. The molecule has 22 heavy (non-hydrogen) atoms. The maximum absolute atomic E-state index is 12.4. The SMILES string of the molecule is CC(=O)Oc1ccc2oc3c(c2c1)CCCN(C(C)=O)C3=O. The van der Waals surface area contributed by atoms with Gasteiger partial charge in [-0.05, 0) is 31.0 Å². The number of ether oxygens (including phenoxy) is 1. The lowest BCUT2D eigenvalue weighted by molar-refractivity contribution is -0.132. The van der Waals surface area contributed by atoms with Crippen LogP contribution in [0.5, 0.6) is 5.75 Å². The molecule has 114 valence electrons. The summed E-state index contributed by atoms with van der Waals surface area (Å²) in [5.74, 6) is -0.511. The Morgan fingerprint density at radius 2 is 2.05 bits per heavy atom. The summed E-state index contributed by atoms with van der Waals surface area (Å²) in [6.07, 6.45) is 1.30. The number of aryl methyl sites for hydroxylation is 1. The van der Waals surface area contributed by atoms with Crippen molar-refractivity contribution in [1.29, 1.82) is 0 Å². The lowest BCUT2D eigenvalue weighted by atomic mass is 10.1. The standard InChI is InChI=1S/C16H15NO5/c1-9(18)17-7-3-4-12-13-8-11(21-10(2)19)5-6-14(13)22-15(12)16(17)20/h5-6,8H,3-4,7H2,1-2H3. The number of furan rings is 1. The number of benzene rings is 1. The summed E-state index contributed by atoms with van der Waals surface area (Å²) >= 11 is 0. The lowest BCUT2D eigenvalue weighted by Crippen LogP contribution is -2.34. The summed E-state index contributed by atoms with van der Waals surface area (Å²) in [4.78, 5) is 36.3. The Balaban J connectivity index is 2.11. The van der Waals surface area contributed by atoms with E-state index in [9.17, 15) is 14.4 Å². The van der Waals surface area contributed by atoms with Gasteiger partial charge >= 0.3 is 5.97 Å². The zero-order valence-corrected chi connectivity index (χ0v) is 12.3. The minimum atomic E-state index is -0.412. The second kappa shape index (κ2) is 5.29. The van der Waals surface area contributed by atoms with Crippen LogP contribution in [-0.2, 0) is 16.0 Å². The Labute approximate surface area is 126 Å². The zero-order valence-electron chi connectivity index (χ0n) is 12.3. The first-order valence-electron chi connectivity index (χ1n) is 7.03. The molecule has 1 aliphatic heterocycles. The van der Waals surface area contributed by atoms with Crippen molar-refractivity contribution in [3.63, 3.8) is 0 Å². The van der Waals surface area contributed by atoms with Crippen molar-refractivity contribution in [1.82, 2.24) is 4.90 Å². The largest absolute Gasteiger partial charge is 0.451 e. The quantitative estimate of drug-likeness (QED) is 0.596. The van der Waals surface area contributed by atoms with Gasteiger partial charge in [0.25, 0.3) is 5.91 Å². The Hall–Kier alpha value is -2.63. The van der Waals surface area contributed by atoms with Crippen LogP contribution < -0.4 is 4.74 Å². The summed E-state index contributed by atoms with van der Waals surface area (Å²) in [6.45, 7) is 3.07. The molecular formula is C16H15NO5. The van der Waals surface area contributed by atoms with E-state index in [4.69, 9.17) is 9.15 Å². The van der Waals surface area contributed by atoms with E-state index in [1.807, 2.05) is 0 Å². The molecule has 0 atom stereocenters. The van der Waals surface area contributed by atoms with E-state index in [2.05, 4.69) is 0 Å². The number of amides is 2. The highest BCUT2D eigenvalue weighted by Gasteiger charge is 2.30. The molecule has 6 nitrogen and oxygen atoms in total. The predicted octanol–water partition coefficient (Wildman–Crippen LogP) is 2.29. The normalized spacial score (nSPS) is 14.6. The summed E-state index contributed by atoms with van der Waals surface area (Å²) in [5.41, 5.74) is 1.30. The summed E-state index contributed by atoms with van der Waals surface area (Å²) in [6, 6.07) is 4.96. The summed E-state index contributed by atoms with van der Waals surface area (Å²) < 4.78 is 10.7. The number of nitrogens with zero attached hydrogens (tertiary/aromatic N) is 1. The first-order chi connectivity index (χ1) is 10.5. The number of rotatable bonds is 1. The van der Waals surface area contributed by atoms with Crippen LogP contribution in [0.1, 0.15) is 36.4 Å². The molecule has 0 saturated carbocycles. The van der Waals surface area contributed by atoms with E-state index in [-0.39, 0.29) is 11.7 Å². The van der Waals surface area contributed by atoms with Crippen molar-refractivity contribution in [2.75, 3.05) is 6.54 Å². The number of fused-ring (bicyclic) bond motifs is 3. The molecule has 1 aliphatic rings. The molecule has 1 aromatic carbocycles. The predicted molar refractivity (Wildman–Crippen MR) is 77.6 cm³/mol. The number of hydrogen-bond acceptors (Lipinski definition) is 5. The average molecular weight is 301 g/mol. The van der Waals surface area contributed by atoms with Crippen molar-refractivity contribution in [3.8, 4) is 5.75 Å². The fourth-order valence-electron chi connectivity index (χ4n) is 2.72. The molecule has 0 saturated heterocycles. The fourth-order valence-corrected chi connectivity index (χ4v) is 2.72. The van der Waals surface area contributed by atoms with Gasteiger partial charge in [0, 0.05) is 31.3 Å². The van der Waals surface area contributed by atoms with E-state index in [1.54, 1.807) is 18.2 Å². The van der Waals surface area contributed by atoms with Crippen LogP contribution in [0, 0.1) is 0 Å². The van der Waals surface area contributed by atoms with Crippen LogP contribution in [0.2, 0.25) is 0 Å². The second-order valence-electron chi connectivity index (χ2n) is 5.24. The number of hydrogen-bond donors (Lipinski definition) is 0. The van der Waals surface area contributed by atoms with Gasteiger partial charge in [-0.1, -0.05) is 0 Å². The van der Waals surface area contributed by atoms with E-state index in [0.717, 1.165) is 10.9 Å². The molecule has 6 heteroatoms. The van der Waals surface area contributed by atoms with Crippen LogP contribution in [0.15, 0.2) is 22.6 Å². The molecule has 1 aromatic heterocycles. The third-order valence-corrected chi connectivity index (χ3v) is 3.65. The van der Waals surface area contributed by atoms with Crippen LogP contribution in [0.25, 0.3) is 11.0 Å². The number of carbonyl (C=O) groups is 3. The molecular weight excluding hydrogens is 286 g/mol. The van der Waals surface area contributed by atoms with E-state index in [0.29, 0.717) is 30.7 Å². The molecule has 2 aromatic rings. The summed E-state index contributed by atoms with van der Waals surface area (Å²) in [7, 11) is 0. The van der Waals surface area contributed by atoms with Gasteiger partial charge in [-0.15, -0.1) is 0 Å². The van der Waals surface area contributed by atoms with Crippen molar-refractivity contribution >= 4 is 28.8 Å². The maximum atomic E-state index is 12.4. The highest BCUT2D eigenvalue weighted by Crippen LogP contribution is 2.32. The van der Waals surface area contributed by atoms with Gasteiger partial charge in [-0.2, -0.15) is 0 Å². The maximum Gasteiger partial charge on any atom is 0.308 e. The van der Waals surface area contributed by atoms with Crippen molar-refractivity contribution in [3.05, 3.63) is 29.5 Å². The lowest BCUT2D eigenvalue weighted by Gasteiger charge is -2.14. The van der Waals surface area contributed by atoms with Crippen LogP contribution >= 0.6 is 0 Å². The molecule has 0 bridgehead atoms. The topological polar surface area (TPSA) is 76.8 Å². The Kier molecular flexibility index (Phi) is 3.44. The van der Waals surface area contributed by atoms with Gasteiger partial charge in [-0.3, -0.25) is 19.3 Å². The molecule has 2 amide bonds. The Bertz CT molecular complexity index is 789. The summed E-state index contributed by atoms with van der Waals surface area (Å²) in [5, 5.41) is 0.743. The monoisotopic (exact) mass is 301 g/mol. The molecule has 2 heterocycles. The molecule has 0 unspecified atom stereocenters. The third-order valence-electron chi connectivity index (χ3n) is 3.65. The third kappa shape index (κ3) is 2.36. The van der Waals surface area contributed by atoms with Gasteiger partial charge in [0.1, 0.15) is 11.3 Å². The average Bonchev–Trinajstić information content (AvgIpc) is 2.71. The Morgan fingerprint density at radius 3 is 2.73 bits per heavy atom.